The van der Waals surface area contributed by atoms with Gasteiger partial charge in [0.1, 0.15) is 5.69 Å². The molecule has 1 heterocycles. The molecule has 0 unspecified atom stereocenters. The minimum atomic E-state index is -0.185. The summed E-state index contributed by atoms with van der Waals surface area (Å²) in [5.74, 6) is -0.185. The third-order valence-electron chi connectivity index (χ3n) is 4.23. The summed E-state index contributed by atoms with van der Waals surface area (Å²) in [5, 5.41) is 6.32. The van der Waals surface area contributed by atoms with Crippen LogP contribution in [0.2, 0.25) is 0 Å². The molecule has 0 saturated heterocycles. The van der Waals surface area contributed by atoms with Crippen molar-refractivity contribution in [2.24, 2.45) is 0 Å². The second-order valence-electron chi connectivity index (χ2n) is 6.50. The number of nitrogens with zero attached hydrogens (tertiary/aromatic N) is 1. The maximum absolute atomic E-state index is 12.4. The van der Waals surface area contributed by atoms with Gasteiger partial charge in [-0.3, -0.25) is 9.78 Å². The third kappa shape index (κ3) is 4.28. The highest BCUT2D eigenvalue weighted by Crippen LogP contribution is 2.26. The Morgan fingerprint density at radius 2 is 1.65 bits per heavy atom. The summed E-state index contributed by atoms with van der Waals surface area (Å²) in [7, 11) is 0. The highest BCUT2D eigenvalue weighted by molar-refractivity contribution is 5.93. The van der Waals surface area contributed by atoms with Gasteiger partial charge in [-0.15, -0.1) is 0 Å². The highest BCUT2D eigenvalue weighted by atomic mass is 16.1. The minimum Gasteiger partial charge on any atom is -0.355 e. The molecule has 1 aromatic heterocycles. The first kappa shape index (κ1) is 17.7. The maximum Gasteiger partial charge on any atom is 0.270 e. The Labute approximate surface area is 154 Å². The van der Waals surface area contributed by atoms with Crippen molar-refractivity contribution in [3.63, 3.8) is 0 Å². The minimum absolute atomic E-state index is 0.185. The molecule has 0 bridgehead atoms. The van der Waals surface area contributed by atoms with Crippen LogP contribution >= 0.6 is 0 Å². The van der Waals surface area contributed by atoms with Crippen LogP contribution in [0.4, 0.5) is 11.4 Å². The SMILES string of the molecule is Cc1cc(C)c(Nc2ccnc(C(=O)NCc3ccccc3)c2)c(C)c1. The van der Waals surface area contributed by atoms with Crippen molar-refractivity contribution in [2.75, 3.05) is 5.32 Å². The molecule has 2 aromatic carbocycles. The van der Waals surface area contributed by atoms with Crippen molar-refractivity contribution in [3.8, 4) is 0 Å². The Hall–Kier alpha value is -3.14. The van der Waals surface area contributed by atoms with Gasteiger partial charge in [0.25, 0.3) is 5.91 Å². The molecule has 3 aromatic rings. The monoisotopic (exact) mass is 345 g/mol. The van der Waals surface area contributed by atoms with Crippen LogP contribution in [0, 0.1) is 20.8 Å². The molecule has 0 fully saturated rings. The highest BCUT2D eigenvalue weighted by Gasteiger charge is 2.09. The molecule has 3 rings (SSSR count). The van der Waals surface area contributed by atoms with E-state index in [0.717, 1.165) is 16.9 Å². The summed E-state index contributed by atoms with van der Waals surface area (Å²) in [6.07, 6.45) is 1.65. The van der Waals surface area contributed by atoms with E-state index in [0.29, 0.717) is 12.2 Å². The Bertz CT molecular complexity index is 897. The molecule has 0 aliphatic rings. The maximum atomic E-state index is 12.4. The van der Waals surface area contributed by atoms with Crippen LogP contribution in [-0.2, 0) is 6.54 Å². The Balaban J connectivity index is 1.73. The van der Waals surface area contributed by atoms with Gasteiger partial charge in [0, 0.05) is 24.1 Å². The fourth-order valence-corrected chi connectivity index (χ4v) is 3.02. The van der Waals surface area contributed by atoms with E-state index in [-0.39, 0.29) is 5.91 Å². The van der Waals surface area contributed by atoms with Gasteiger partial charge in [0.15, 0.2) is 0 Å². The molecule has 0 saturated carbocycles. The largest absolute Gasteiger partial charge is 0.355 e. The normalized spacial score (nSPS) is 10.4. The number of hydrogen-bond acceptors (Lipinski definition) is 3. The number of nitrogens with one attached hydrogen (secondary N) is 2. The van der Waals surface area contributed by atoms with Crippen LogP contribution < -0.4 is 10.6 Å². The van der Waals surface area contributed by atoms with E-state index in [1.165, 1.54) is 16.7 Å². The van der Waals surface area contributed by atoms with E-state index in [1.807, 2.05) is 36.4 Å². The molecule has 0 radical (unpaired) electrons. The molecule has 4 nitrogen and oxygen atoms in total. The number of aromatic nitrogens is 1. The summed E-state index contributed by atoms with van der Waals surface area (Å²) in [6.45, 7) is 6.73. The van der Waals surface area contributed by atoms with Crippen LogP contribution in [0.25, 0.3) is 0 Å². The van der Waals surface area contributed by atoms with Crippen molar-refractivity contribution in [2.45, 2.75) is 27.3 Å². The zero-order valence-corrected chi connectivity index (χ0v) is 15.3. The van der Waals surface area contributed by atoms with Crippen LogP contribution in [0.1, 0.15) is 32.7 Å². The van der Waals surface area contributed by atoms with Crippen molar-refractivity contribution in [3.05, 3.63) is 88.7 Å². The Morgan fingerprint density at radius 1 is 0.962 bits per heavy atom. The summed E-state index contributed by atoms with van der Waals surface area (Å²) in [6, 6.07) is 17.8. The standard InChI is InChI=1S/C22H23N3O/c1-15-11-16(2)21(17(3)12-15)25-19-9-10-23-20(13-19)22(26)24-14-18-7-5-4-6-8-18/h4-13H,14H2,1-3H3,(H,23,25)(H,24,26). The van der Waals surface area contributed by atoms with E-state index in [2.05, 4.69) is 48.5 Å². The second kappa shape index (κ2) is 7.83. The summed E-state index contributed by atoms with van der Waals surface area (Å²) < 4.78 is 0. The first-order valence-corrected chi connectivity index (χ1v) is 8.66. The number of hydrogen-bond donors (Lipinski definition) is 2. The average molecular weight is 345 g/mol. The van der Waals surface area contributed by atoms with Crippen molar-refractivity contribution >= 4 is 17.3 Å². The van der Waals surface area contributed by atoms with Gasteiger partial charge >= 0.3 is 0 Å². The van der Waals surface area contributed by atoms with Crippen molar-refractivity contribution in [1.82, 2.24) is 10.3 Å². The summed E-state index contributed by atoms with van der Waals surface area (Å²) in [5.41, 5.74) is 6.96. The van der Waals surface area contributed by atoms with Crippen molar-refractivity contribution in [1.29, 1.82) is 0 Å². The lowest BCUT2D eigenvalue weighted by molar-refractivity contribution is 0.0946. The number of rotatable bonds is 5. The van der Waals surface area contributed by atoms with Crippen LogP contribution in [0.5, 0.6) is 0 Å². The molecule has 4 heteroatoms. The van der Waals surface area contributed by atoms with Crippen LogP contribution in [-0.4, -0.2) is 10.9 Å². The fraction of sp³-hybridized carbons (Fsp3) is 0.182. The Kier molecular flexibility index (Phi) is 5.32. The molecule has 0 aliphatic carbocycles. The quantitative estimate of drug-likeness (QED) is 0.706. The van der Waals surface area contributed by atoms with Crippen molar-refractivity contribution < 1.29 is 4.79 Å². The van der Waals surface area contributed by atoms with Crippen LogP contribution in [0.3, 0.4) is 0 Å². The predicted octanol–water partition coefficient (Wildman–Crippen LogP) is 4.68. The first-order valence-electron chi connectivity index (χ1n) is 8.66. The molecule has 1 amide bonds. The number of carbonyl (C=O) groups excluding carboxylic acids is 1. The van der Waals surface area contributed by atoms with E-state index in [9.17, 15) is 4.79 Å². The fourth-order valence-electron chi connectivity index (χ4n) is 3.02. The van der Waals surface area contributed by atoms with Gasteiger partial charge in [0.05, 0.1) is 0 Å². The molecule has 132 valence electrons. The number of pyridine rings is 1. The van der Waals surface area contributed by atoms with Crippen LogP contribution in [0.15, 0.2) is 60.8 Å². The summed E-state index contributed by atoms with van der Waals surface area (Å²) in [4.78, 5) is 16.6. The topological polar surface area (TPSA) is 54.0 Å². The van der Waals surface area contributed by atoms with E-state index >= 15 is 0 Å². The van der Waals surface area contributed by atoms with E-state index < -0.39 is 0 Å². The predicted molar refractivity (Wildman–Crippen MR) is 106 cm³/mol. The Morgan fingerprint density at radius 3 is 2.35 bits per heavy atom. The lowest BCUT2D eigenvalue weighted by Crippen LogP contribution is -2.23. The van der Waals surface area contributed by atoms with Gasteiger partial charge in [-0.1, -0.05) is 48.0 Å². The summed E-state index contributed by atoms with van der Waals surface area (Å²) >= 11 is 0. The van der Waals surface area contributed by atoms with Gasteiger partial charge in [-0.2, -0.15) is 0 Å². The molecule has 0 aliphatic heterocycles. The van der Waals surface area contributed by atoms with Gasteiger partial charge in [0.2, 0.25) is 0 Å². The number of carbonyl (C=O) groups is 1. The molecule has 2 N–H and O–H groups in total. The first-order chi connectivity index (χ1) is 12.5. The van der Waals surface area contributed by atoms with Gasteiger partial charge in [-0.05, 0) is 49.6 Å². The smallest absolute Gasteiger partial charge is 0.270 e. The zero-order valence-electron chi connectivity index (χ0n) is 15.3. The zero-order chi connectivity index (χ0) is 18.5. The number of amides is 1. The molecule has 0 spiro atoms. The number of anilines is 2. The average Bonchev–Trinajstić information content (AvgIpc) is 2.64. The molecular formula is C22H23N3O. The van der Waals surface area contributed by atoms with E-state index in [1.54, 1.807) is 12.3 Å². The third-order valence-corrected chi connectivity index (χ3v) is 4.23. The molecular weight excluding hydrogens is 322 g/mol. The lowest BCUT2D eigenvalue weighted by atomic mass is 10.0. The number of benzene rings is 2. The van der Waals surface area contributed by atoms with Gasteiger partial charge < -0.3 is 10.6 Å². The van der Waals surface area contributed by atoms with E-state index in [4.69, 9.17) is 0 Å². The number of aryl methyl sites for hydroxylation is 3. The second-order valence-corrected chi connectivity index (χ2v) is 6.50. The molecule has 26 heavy (non-hydrogen) atoms. The lowest BCUT2D eigenvalue weighted by Gasteiger charge is -2.14. The molecule has 0 atom stereocenters. The van der Waals surface area contributed by atoms with Gasteiger partial charge in [-0.25, -0.2) is 0 Å².